The number of aromatic nitrogens is 1. The minimum atomic E-state index is -0.336. The number of methoxy groups -OCH3 is 3. The van der Waals surface area contributed by atoms with Gasteiger partial charge in [0.1, 0.15) is 5.75 Å². The molecule has 0 saturated carbocycles. The maximum atomic E-state index is 13.0. The zero-order valence-corrected chi connectivity index (χ0v) is 18.6. The monoisotopic (exact) mass is 447 g/mol. The van der Waals surface area contributed by atoms with E-state index in [1.165, 1.54) is 6.21 Å². The number of nitrogens with zero attached hydrogens (tertiary/aromatic N) is 2. The van der Waals surface area contributed by atoms with Gasteiger partial charge in [-0.05, 0) is 29.6 Å². The summed E-state index contributed by atoms with van der Waals surface area (Å²) < 4.78 is 16.0. The summed E-state index contributed by atoms with van der Waals surface area (Å²) >= 11 is 1.57. The number of carbonyl (C=O) groups is 1. The van der Waals surface area contributed by atoms with Gasteiger partial charge in [-0.15, -0.1) is 11.3 Å². The van der Waals surface area contributed by atoms with Gasteiger partial charge in [0, 0.05) is 17.0 Å². The molecule has 2 aromatic heterocycles. The van der Waals surface area contributed by atoms with Crippen molar-refractivity contribution in [1.82, 2.24) is 10.4 Å². The molecule has 162 valence electrons. The number of rotatable bonds is 7. The fourth-order valence-electron chi connectivity index (χ4n) is 3.29. The summed E-state index contributed by atoms with van der Waals surface area (Å²) in [5.74, 6) is 1.27. The lowest BCUT2D eigenvalue weighted by molar-refractivity contribution is 0.0956. The van der Waals surface area contributed by atoms with E-state index in [1.807, 2.05) is 41.8 Å². The van der Waals surface area contributed by atoms with E-state index in [4.69, 9.17) is 19.2 Å². The fourth-order valence-corrected chi connectivity index (χ4v) is 3.97. The number of hydrogen-bond acceptors (Lipinski definition) is 7. The van der Waals surface area contributed by atoms with Crippen molar-refractivity contribution < 1.29 is 19.0 Å². The van der Waals surface area contributed by atoms with Crippen molar-refractivity contribution in [3.05, 3.63) is 71.1 Å². The number of benzene rings is 2. The molecule has 4 rings (SSSR count). The molecule has 32 heavy (non-hydrogen) atoms. The Kier molecular flexibility index (Phi) is 6.32. The molecule has 0 atom stereocenters. The molecule has 0 unspecified atom stereocenters. The largest absolute Gasteiger partial charge is 0.496 e. The van der Waals surface area contributed by atoms with Gasteiger partial charge in [0.05, 0.1) is 49.2 Å². The van der Waals surface area contributed by atoms with Crippen molar-refractivity contribution in [1.29, 1.82) is 0 Å². The predicted octanol–water partition coefficient (Wildman–Crippen LogP) is 4.75. The van der Waals surface area contributed by atoms with Crippen molar-refractivity contribution >= 4 is 34.4 Å². The summed E-state index contributed by atoms with van der Waals surface area (Å²) in [6, 6.07) is 16.7. The molecule has 7 nitrogen and oxygen atoms in total. The second-order valence-corrected chi connectivity index (χ2v) is 7.65. The third-order valence-corrected chi connectivity index (χ3v) is 5.73. The average molecular weight is 448 g/mol. The van der Waals surface area contributed by atoms with E-state index in [2.05, 4.69) is 10.5 Å². The number of nitrogens with one attached hydrogen (secondary N) is 1. The summed E-state index contributed by atoms with van der Waals surface area (Å²) in [5.41, 5.74) is 5.22. The Morgan fingerprint density at radius 3 is 2.44 bits per heavy atom. The molecule has 8 heteroatoms. The lowest BCUT2D eigenvalue weighted by Gasteiger charge is -2.12. The van der Waals surface area contributed by atoms with Gasteiger partial charge in [-0.2, -0.15) is 5.10 Å². The molecule has 2 heterocycles. The number of fused-ring (bicyclic) bond motifs is 1. The highest BCUT2D eigenvalue weighted by atomic mass is 32.1. The zero-order valence-electron chi connectivity index (χ0n) is 17.8. The molecule has 2 aromatic carbocycles. The van der Waals surface area contributed by atoms with Crippen LogP contribution in [0.1, 0.15) is 15.9 Å². The Morgan fingerprint density at radius 1 is 0.969 bits per heavy atom. The van der Waals surface area contributed by atoms with Gasteiger partial charge in [0.15, 0.2) is 11.5 Å². The highest BCUT2D eigenvalue weighted by molar-refractivity contribution is 7.13. The van der Waals surface area contributed by atoms with Crippen molar-refractivity contribution in [2.75, 3.05) is 21.3 Å². The first-order chi connectivity index (χ1) is 15.6. The first-order valence-corrected chi connectivity index (χ1v) is 10.6. The van der Waals surface area contributed by atoms with Crippen LogP contribution in [0.2, 0.25) is 0 Å². The lowest BCUT2D eigenvalue weighted by Crippen LogP contribution is -2.18. The maximum Gasteiger partial charge on any atom is 0.272 e. The summed E-state index contributed by atoms with van der Waals surface area (Å²) in [5, 5.41) is 6.87. The quantitative estimate of drug-likeness (QED) is 0.326. The minimum Gasteiger partial charge on any atom is -0.496 e. The molecule has 1 amide bonds. The van der Waals surface area contributed by atoms with Crippen molar-refractivity contribution in [3.63, 3.8) is 0 Å². The standard InChI is InChI=1S/C24H21N3O4S/c1-29-20-13-22(31-3)21(30-2)11-15(20)14-25-27-24(28)17-12-19(23-9-6-10-32-23)26-18-8-5-4-7-16(17)18/h4-14H,1-3H3,(H,27,28)/b25-14-. The number of carbonyl (C=O) groups excluding carboxylic acids is 1. The molecule has 0 bridgehead atoms. The lowest BCUT2D eigenvalue weighted by atomic mass is 10.1. The topological polar surface area (TPSA) is 82.0 Å². The molecular formula is C24H21N3O4S. The van der Waals surface area contributed by atoms with Crippen molar-refractivity contribution in [3.8, 4) is 27.8 Å². The Balaban J connectivity index is 1.64. The number of hydrazone groups is 1. The highest BCUT2D eigenvalue weighted by Gasteiger charge is 2.15. The predicted molar refractivity (Wildman–Crippen MR) is 126 cm³/mol. The van der Waals surface area contributed by atoms with E-state index in [1.54, 1.807) is 50.9 Å². The first kappa shape index (κ1) is 21.3. The van der Waals surface area contributed by atoms with E-state index in [0.717, 1.165) is 21.5 Å². The first-order valence-electron chi connectivity index (χ1n) is 9.71. The van der Waals surface area contributed by atoms with E-state index in [-0.39, 0.29) is 5.91 Å². The van der Waals surface area contributed by atoms with Gasteiger partial charge < -0.3 is 14.2 Å². The third kappa shape index (κ3) is 4.26. The molecular weight excluding hydrogens is 426 g/mol. The van der Waals surface area contributed by atoms with E-state index < -0.39 is 0 Å². The van der Waals surface area contributed by atoms with Crippen LogP contribution in [0.15, 0.2) is 65.1 Å². The molecule has 0 aliphatic heterocycles. The maximum absolute atomic E-state index is 13.0. The van der Waals surface area contributed by atoms with Gasteiger partial charge in [0.25, 0.3) is 5.91 Å². The van der Waals surface area contributed by atoms with Crippen LogP contribution in [0.25, 0.3) is 21.5 Å². The molecule has 0 aliphatic rings. The SMILES string of the molecule is COc1cc(OC)c(OC)cc1/C=N\NC(=O)c1cc(-c2cccs2)nc2ccccc12. The number of amides is 1. The normalized spacial score (nSPS) is 11.0. The van der Waals surface area contributed by atoms with Gasteiger partial charge in [0.2, 0.25) is 0 Å². The highest BCUT2D eigenvalue weighted by Crippen LogP contribution is 2.33. The zero-order chi connectivity index (χ0) is 22.5. The van der Waals surface area contributed by atoms with E-state index in [0.29, 0.717) is 28.4 Å². The molecule has 1 N–H and O–H groups in total. The molecule has 0 radical (unpaired) electrons. The molecule has 0 fully saturated rings. The molecule has 0 saturated heterocycles. The van der Waals surface area contributed by atoms with Gasteiger partial charge >= 0.3 is 0 Å². The molecule has 0 aliphatic carbocycles. The van der Waals surface area contributed by atoms with Gasteiger partial charge in [-0.1, -0.05) is 24.3 Å². The van der Waals surface area contributed by atoms with Crippen LogP contribution in [0.3, 0.4) is 0 Å². The Hall–Kier alpha value is -3.91. The second-order valence-electron chi connectivity index (χ2n) is 6.70. The summed E-state index contributed by atoms with van der Waals surface area (Å²) in [7, 11) is 4.65. The average Bonchev–Trinajstić information content (AvgIpc) is 3.38. The molecule has 0 spiro atoms. The second kappa shape index (κ2) is 9.49. The van der Waals surface area contributed by atoms with Gasteiger partial charge in [-0.3, -0.25) is 4.79 Å². The summed E-state index contributed by atoms with van der Waals surface area (Å²) in [6.45, 7) is 0. The number of thiophene rings is 1. The Labute approximate surface area is 189 Å². The summed E-state index contributed by atoms with van der Waals surface area (Å²) in [4.78, 5) is 18.7. The molecule has 4 aromatic rings. The van der Waals surface area contributed by atoms with E-state index in [9.17, 15) is 4.79 Å². The third-order valence-electron chi connectivity index (χ3n) is 4.84. The van der Waals surface area contributed by atoms with Crippen molar-refractivity contribution in [2.24, 2.45) is 5.10 Å². The fraction of sp³-hybridized carbons (Fsp3) is 0.125. The van der Waals surface area contributed by atoms with Crippen LogP contribution >= 0.6 is 11.3 Å². The minimum absolute atomic E-state index is 0.336. The Bertz CT molecular complexity index is 1290. The number of ether oxygens (including phenoxy) is 3. The van der Waals surface area contributed by atoms with Gasteiger partial charge in [-0.25, -0.2) is 10.4 Å². The van der Waals surface area contributed by atoms with Crippen LogP contribution < -0.4 is 19.6 Å². The van der Waals surface area contributed by atoms with Crippen LogP contribution in [0.4, 0.5) is 0 Å². The van der Waals surface area contributed by atoms with Crippen LogP contribution in [-0.4, -0.2) is 38.4 Å². The number of hydrogen-bond donors (Lipinski definition) is 1. The van der Waals surface area contributed by atoms with E-state index >= 15 is 0 Å². The smallest absolute Gasteiger partial charge is 0.272 e. The van der Waals surface area contributed by atoms with Crippen LogP contribution in [0, 0.1) is 0 Å². The Morgan fingerprint density at radius 2 is 1.72 bits per heavy atom. The van der Waals surface area contributed by atoms with Crippen molar-refractivity contribution in [2.45, 2.75) is 0 Å². The number of para-hydroxylation sites is 1. The summed E-state index contributed by atoms with van der Waals surface area (Å²) in [6.07, 6.45) is 1.50. The van der Waals surface area contributed by atoms with Crippen LogP contribution in [-0.2, 0) is 0 Å². The number of pyridine rings is 1. The van der Waals surface area contributed by atoms with Crippen LogP contribution in [0.5, 0.6) is 17.2 Å².